The van der Waals surface area contributed by atoms with Gasteiger partial charge in [0.05, 0.1) is 0 Å². The zero-order chi connectivity index (χ0) is 20.6. The van der Waals surface area contributed by atoms with Crippen LogP contribution in [0.25, 0.3) is 33.4 Å². The van der Waals surface area contributed by atoms with E-state index in [9.17, 15) is 0 Å². The molecule has 30 heavy (non-hydrogen) atoms. The number of fused-ring (bicyclic) bond motifs is 6. The maximum Gasteiger partial charge on any atom is 0.0402 e. The van der Waals surface area contributed by atoms with Gasteiger partial charge in [-0.15, -0.1) is 0 Å². The van der Waals surface area contributed by atoms with E-state index in [0.29, 0.717) is 0 Å². The first-order chi connectivity index (χ1) is 14.6. The summed E-state index contributed by atoms with van der Waals surface area (Å²) in [6.45, 7) is 0. The standard InChI is InChI=1S/C26H12Br4/c27-19-11-9-17-13-5-1-3-7-15(13)21(23(17)25(19)29)22-16-8-4-2-6-14(16)18-10-12-20(28)26(30)24(18)22/h1-12H/b22-21+. The predicted molar refractivity (Wildman–Crippen MR) is 140 cm³/mol. The van der Waals surface area contributed by atoms with Gasteiger partial charge in [0.25, 0.3) is 0 Å². The Hall–Kier alpha value is -1.46. The van der Waals surface area contributed by atoms with Crippen LogP contribution in [0.2, 0.25) is 0 Å². The van der Waals surface area contributed by atoms with Gasteiger partial charge in [0.2, 0.25) is 0 Å². The summed E-state index contributed by atoms with van der Waals surface area (Å²) in [6, 6.07) is 26.1. The minimum absolute atomic E-state index is 1.06. The van der Waals surface area contributed by atoms with E-state index in [1.54, 1.807) is 0 Å². The lowest BCUT2D eigenvalue weighted by atomic mass is 9.92. The van der Waals surface area contributed by atoms with Gasteiger partial charge in [-0.25, -0.2) is 0 Å². The largest absolute Gasteiger partial charge is 0.0616 e. The molecule has 6 rings (SSSR count). The summed E-state index contributed by atoms with van der Waals surface area (Å²) in [4.78, 5) is 0. The number of benzene rings is 4. The smallest absolute Gasteiger partial charge is 0.0402 e. The number of hydrogen-bond acceptors (Lipinski definition) is 0. The number of halogens is 4. The highest BCUT2D eigenvalue weighted by atomic mass is 79.9. The van der Waals surface area contributed by atoms with E-state index in [1.165, 1.54) is 55.7 Å². The van der Waals surface area contributed by atoms with Gasteiger partial charge in [0.15, 0.2) is 0 Å². The Labute approximate surface area is 208 Å². The van der Waals surface area contributed by atoms with Crippen molar-refractivity contribution in [2.45, 2.75) is 0 Å². The zero-order valence-corrected chi connectivity index (χ0v) is 21.8. The molecule has 4 aromatic rings. The van der Waals surface area contributed by atoms with E-state index in [2.05, 4.69) is 137 Å². The van der Waals surface area contributed by atoms with Crippen LogP contribution in [0.3, 0.4) is 0 Å². The van der Waals surface area contributed by atoms with Crippen LogP contribution in [0.5, 0.6) is 0 Å². The Morgan fingerprint density at radius 3 is 1.13 bits per heavy atom. The Morgan fingerprint density at radius 1 is 0.367 bits per heavy atom. The molecule has 0 saturated heterocycles. The van der Waals surface area contributed by atoms with Crippen LogP contribution in [0.4, 0.5) is 0 Å². The van der Waals surface area contributed by atoms with Crippen molar-refractivity contribution in [3.63, 3.8) is 0 Å². The Balaban J connectivity index is 1.86. The minimum Gasteiger partial charge on any atom is -0.0616 e. The lowest BCUT2D eigenvalue weighted by Gasteiger charge is -2.15. The third kappa shape index (κ3) is 2.54. The summed E-state index contributed by atoms with van der Waals surface area (Å²) < 4.78 is 4.31. The first-order valence-electron chi connectivity index (χ1n) is 9.48. The van der Waals surface area contributed by atoms with Crippen molar-refractivity contribution in [2.75, 3.05) is 0 Å². The topological polar surface area (TPSA) is 0 Å². The molecule has 0 saturated carbocycles. The number of hydrogen-bond donors (Lipinski definition) is 0. The van der Waals surface area contributed by atoms with Gasteiger partial charge in [-0.1, -0.05) is 60.7 Å². The third-order valence-electron chi connectivity index (χ3n) is 5.91. The Kier molecular flexibility index (Phi) is 4.51. The van der Waals surface area contributed by atoms with Gasteiger partial charge >= 0.3 is 0 Å². The fourth-order valence-corrected chi connectivity index (χ4v) is 6.45. The summed E-state index contributed by atoms with van der Waals surface area (Å²) in [5.74, 6) is 0. The minimum atomic E-state index is 1.06. The quantitative estimate of drug-likeness (QED) is 0.155. The van der Waals surface area contributed by atoms with Gasteiger partial charge in [-0.05, 0) is 120 Å². The highest BCUT2D eigenvalue weighted by Gasteiger charge is 2.35. The molecule has 0 aromatic heterocycles. The molecule has 0 unspecified atom stereocenters. The second kappa shape index (κ2) is 7.03. The fourth-order valence-electron chi connectivity index (χ4n) is 4.70. The lowest BCUT2D eigenvalue weighted by Crippen LogP contribution is -1.93. The van der Waals surface area contributed by atoms with E-state index < -0.39 is 0 Å². The molecule has 4 aromatic carbocycles. The molecule has 0 radical (unpaired) electrons. The average molecular weight is 644 g/mol. The Morgan fingerprint density at radius 2 is 0.733 bits per heavy atom. The molecule has 0 bridgehead atoms. The summed E-state index contributed by atoms with van der Waals surface area (Å²) >= 11 is 15.2. The molecule has 2 aliphatic rings. The van der Waals surface area contributed by atoms with Crippen molar-refractivity contribution < 1.29 is 0 Å². The summed E-state index contributed by atoms with van der Waals surface area (Å²) in [6.07, 6.45) is 0. The highest BCUT2D eigenvalue weighted by molar-refractivity contribution is 9.13. The molecule has 144 valence electrons. The molecular formula is C26H12Br4. The molecule has 0 spiro atoms. The SMILES string of the molecule is Brc1ccc2c(c1Br)/C(=C1\c3ccccc3-c3ccc(Br)c(Br)c31)c1ccccc1-2. The molecule has 0 N–H and O–H groups in total. The lowest BCUT2D eigenvalue weighted by molar-refractivity contribution is 1.53. The summed E-state index contributed by atoms with van der Waals surface area (Å²) in [5.41, 5.74) is 12.7. The van der Waals surface area contributed by atoms with Crippen molar-refractivity contribution in [1.82, 2.24) is 0 Å². The molecule has 2 aliphatic carbocycles. The van der Waals surface area contributed by atoms with Crippen molar-refractivity contribution in [3.05, 3.63) is 113 Å². The van der Waals surface area contributed by atoms with Crippen LogP contribution in [0, 0.1) is 0 Å². The summed E-state index contributed by atoms with van der Waals surface area (Å²) in [5, 5.41) is 0. The van der Waals surface area contributed by atoms with Crippen LogP contribution in [0.15, 0.2) is 90.7 Å². The highest BCUT2D eigenvalue weighted by Crippen LogP contribution is 2.58. The molecule has 0 heterocycles. The van der Waals surface area contributed by atoms with Gasteiger partial charge < -0.3 is 0 Å². The van der Waals surface area contributed by atoms with Gasteiger partial charge in [0, 0.05) is 29.0 Å². The van der Waals surface area contributed by atoms with Crippen LogP contribution in [-0.4, -0.2) is 0 Å². The number of rotatable bonds is 0. The predicted octanol–water partition coefficient (Wildman–Crippen LogP) is 9.70. The third-order valence-corrected chi connectivity index (χ3v) is 9.95. The van der Waals surface area contributed by atoms with E-state index in [4.69, 9.17) is 0 Å². The first kappa shape index (κ1) is 19.2. The molecule has 0 amide bonds. The van der Waals surface area contributed by atoms with Gasteiger partial charge in [0.1, 0.15) is 0 Å². The molecule has 0 nitrogen and oxygen atoms in total. The van der Waals surface area contributed by atoms with Crippen molar-refractivity contribution in [3.8, 4) is 22.3 Å². The zero-order valence-electron chi connectivity index (χ0n) is 15.4. The van der Waals surface area contributed by atoms with Crippen molar-refractivity contribution >= 4 is 74.9 Å². The second-order valence-electron chi connectivity index (χ2n) is 7.41. The maximum absolute atomic E-state index is 3.89. The summed E-state index contributed by atoms with van der Waals surface area (Å²) in [7, 11) is 0. The van der Waals surface area contributed by atoms with Crippen molar-refractivity contribution in [2.24, 2.45) is 0 Å². The second-order valence-corrected chi connectivity index (χ2v) is 10.7. The maximum atomic E-state index is 3.89. The van der Waals surface area contributed by atoms with E-state index >= 15 is 0 Å². The first-order valence-corrected chi connectivity index (χ1v) is 12.7. The normalized spacial score (nSPS) is 15.6. The Bertz CT molecular complexity index is 1320. The van der Waals surface area contributed by atoms with Crippen LogP contribution in [-0.2, 0) is 0 Å². The van der Waals surface area contributed by atoms with E-state index in [1.807, 2.05) is 0 Å². The van der Waals surface area contributed by atoms with Crippen molar-refractivity contribution in [1.29, 1.82) is 0 Å². The van der Waals surface area contributed by atoms with E-state index in [-0.39, 0.29) is 0 Å². The van der Waals surface area contributed by atoms with E-state index in [0.717, 1.165) is 17.9 Å². The molecule has 4 heteroatoms. The van der Waals surface area contributed by atoms with Crippen LogP contribution < -0.4 is 0 Å². The van der Waals surface area contributed by atoms with Gasteiger partial charge in [-0.2, -0.15) is 0 Å². The average Bonchev–Trinajstić information content (AvgIpc) is 3.27. The molecule has 0 aliphatic heterocycles. The van der Waals surface area contributed by atoms with Crippen LogP contribution >= 0.6 is 63.7 Å². The fraction of sp³-hybridized carbons (Fsp3) is 0. The monoisotopic (exact) mass is 640 g/mol. The van der Waals surface area contributed by atoms with Crippen LogP contribution in [0.1, 0.15) is 22.3 Å². The van der Waals surface area contributed by atoms with Gasteiger partial charge in [-0.3, -0.25) is 0 Å². The molecular weight excluding hydrogens is 632 g/mol. The molecule has 0 atom stereocenters. The molecule has 0 fully saturated rings.